The molecule has 0 aromatic heterocycles. The highest BCUT2D eigenvalue weighted by molar-refractivity contribution is 5.81. The molecule has 1 saturated carbocycles. The van der Waals surface area contributed by atoms with E-state index in [1.807, 2.05) is 0 Å². The van der Waals surface area contributed by atoms with Crippen LogP contribution in [0.4, 0.5) is 0 Å². The lowest BCUT2D eigenvalue weighted by atomic mass is 9.95. The molecule has 0 amide bonds. The van der Waals surface area contributed by atoms with Crippen LogP contribution in [0.5, 0.6) is 0 Å². The number of hydrogen-bond acceptors (Lipinski definition) is 1. The van der Waals surface area contributed by atoms with Crippen LogP contribution in [0.25, 0.3) is 0 Å². The summed E-state index contributed by atoms with van der Waals surface area (Å²) in [5, 5.41) is 7.93. The summed E-state index contributed by atoms with van der Waals surface area (Å²) in [6.07, 6.45) is 9.10. The van der Waals surface area contributed by atoms with Gasteiger partial charge in [-0.15, -0.1) is 0 Å². The molecule has 14 heavy (non-hydrogen) atoms. The Balaban J connectivity index is 2.02. The van der Waals surface area contributed by atoms with Gasteiger partial charge in [0.05, 0.1) is 5.84 Å². The molecule has 0 radical (unpaired) electrons. The van der Waals surface area contributed by atoms with Gasteiger partial charge in [-0.3, -0.25) is 5.41 Å². The Hall–Kier alpha value is -0.530. The maximum absolute atomic E-state index is 7.93. The molecule has 1 heterocycles. The second-order valence-corrected chi connectivity index (χ2v) is 4.93. The zero-order valence-electron chi connectivity index (χ0n) is 9.26. The van der Waals surface area contributed by atoms with Crippen molar-refractivity contribution in [3.05, 3.63) is 0 Å². The van der Waals surface area contributed by atoms with E-state index in [1.54, 1.807) is 0 Å². The molecule has 1 saturated heterocycles. The normalized spacial score (nSPS) is 34.6. The minimum atomic E-state index is 0.687. The highest BCUT2D eigenvalue weighted by Crippen LogP contribution is 2.29. The molecule has 0 spiro atoms. The zero-order chi connectivity index (χ0) is 9.97. The van der Waals surface area contributed by atoms with Crippen molar-refractivity contribution in [1.82, 2.24) is 4.90 Å². The molecule has 2 unspecified atom stereocenters. The molecular weight excluding hydrogens is 172 g/mol. The lowest BCUT2D eigenvalue weighted by molar-refractivity contribution is 0.238. The lowest BCUT2D eigenvalue weighted by Crippen LogP contribution is -2.39. The minimum absolute atomic E-state index is 0.687. The van der Waals surface area contributed by atoms with Crippen LogP contribution in [0.15, 0.2) is 0 Å². The molecule has 2 heteroatoms. The van der Waals surface area contributed by atoms with Crippen molar-refractivity contribution in [2.75, 3.05) is 6.54 Å². The SMILES string of the molecule is CC1CCCCCC1N1CCCC1=N. The number of nitrogens with zero attached hydrogens (tertiary/aromatic N) is 1. The first-order valence-corrected chi connectivity index (χ1v) is 6.13. The van der Waals surface area contributed by atoms with Crippen LogP contribution in [0.3, 0.4) is 0 Å². The lowest BCUT2D eigenvalue weighted by Gasteiger charge is -2.32. The van der Waals surface area contributed by atoms with Crippen molar-refractivity contribution in [2.45, 2.75) is 57.9 Å². The summed E-state index contributed by atoms with van der Waals surface area (Å²) in [6, 6.07) is 0.687. The van der Waals surface area contributed by atoms with Crippen molar-refractivity contribution in [3.8, 4) is 0 Å². The number of amidine groups is 1. The second kappa shape index (κ2) is 4.33. The largest absolute Gasteiger partial charge is 0.357 e. The van der Waals surface area contributed by atoms with Gasteiger partial charge in [-0.2, -0.15) is 0 Å². The molecular formula is C12H22N2. The minimum Gasteiger partial charge on any atom is -0.357 e. The third kappa shape index (κ3) is 1.94. The quantitative estimate of drug-likeness (QED) is 0.638. The van der Waals surface area contributed by atoms with E-state index in [9.17, 15) is 0 Å². The van der Waals surface area contributed by atoms with E-state index in [1.165, 1.54) is 38.5 Å². The maximum atomic E-state index is 7.93. The van der Waals surface area contributed by atoms with Crippen molar-refractivity contribution in [3.63, 3.8) is 0 Å². The van der Waals surface area contributed by atoms with Crippen molar-refractivity contribution in [2.24, 2.45) is 5.92 Å². The summed E-state index contributed by atoms with van der Waals surface area (Å²) < 4.78 is 0. The Labute approximate surface area is 87.2 Å². The third-order valence-electron chi connectivity index (χ3n) is 3.88. The molecule has 1 aliphatic carbocycles. The van der Waals surface area contributed by atoms with Crippen molar-refractivity contribution >= 4 is 5.84 Å². The summed E-state index contributed by atoms with van der Waals surface area (Å²) in [7, 11) is 0. The number of hydrogen-bond donors (Lipinski definition) is 1. The van der Waals surface area contributed by atoms with Gasteiger partial charge in [-0.1, -0.05) is 26.2 Å². The summed E-state index contributed by atoms with van der Waals surface area (Å²) in [5.41, 5.74) is 0. The van der Waals surface area contributed by atoms with Gasteiger partial charge in [-0.25, -0.2) is 0 Å². The van der Waals surface area contributed by atoms with Gasteiger partial charge in [0.2, 0.25) is 0 Å². The Kier molecular flexibility index (Phi) is 3.09. The van der Waals surface area contributed by atoms with Gasteiger partial charge < -0.3 is 4.90 Å². The van der Waals surface area contributed by atoms with Gasteiger partial charge in [0.25, 0.3) is 0 Å². The van der Waals surface area contributed by atoms with Gasteiger partial charge in [-0.05, 0) is 25.2 Å². The van der Waals surface area contributed by atoms with E-state index in [0.717, 1.165) is 24.7 Å². The summed E-state index contributed by atoms with van der Waals surface area (Å²) in [5.74, 6) is 1.71. The van der Waals surface area contributed by atoms with E-state index < -0.39 is 0 Å². The maximum Gasteiger partial charge on any atom is 0.0960 e. The molecule has 0 aromatic carbocycles. The Morgan fingerprint density at radius 3 is 2.64 bits per heavy atom. The van der Waals surface area contributed by atoms with E-state index in [-0.39, 0.29) is 0 Å². The fourth-order valence-corrected chi connectivity index (χ4v) is 3.00. The Morgan fingerprint density at radius 1 is 1.14 bits per heavy atom. The molecule has 2 aliphatic rings. The first-order chi connectivity index (χ1) is 6.79. The van der Waals surface area contributed by atoms with E-state index >= 15 is 0 Å². The fraction of sp³-hybridized carbons (Fsp3) is 0.917. The van der Waals surface area contributed by atoms with Crippen LogP contribution in [0, 0.1) is 11.3 Å². The van der Waals surface area contributed by atoms with E-state index in [4.69, 9.17) is 5.41 Å². The molecule has 0 bridgehead atoms. The number of likely N-dealkylation sites (tertiary alicyclic amines) is 1. The van der Waals surface area contributed by atoms with Crippen molar-refractivity contribution < 1.29 is 0 Å². The van der Waals surface area contributed by atoms with Gasteiger partial charge in [0, 0.05) is 19.0 Å². The smallest absolute Gasteiger partial charge is 0.0960 e. The van der Waals surface area contributed by atoms with Gasteiger partial charge in [0.1, 0.15) is 0 Å². The van der Waals surface area contributed by atoms with Crippen LogP contribution in [0.1, 0.15) is 51.9 Å². The van der Waals surface area contributed by atoms with Crippen LogP contribution in [-0.4, -0.2) is 23.3 Å². The first kappa shape index (κ1) is 10.0. The second-order valence-electron chi connectivity index (χ2n) is 4.93. The van der Waals surface area contributed by atoms with E-state index in [0.29, 0.717) is 6.04 Å². The molecule has 1 N–H and O–H groups in total. The van der Waals surface area contributed by atoms with Gasteiger partial charge in [0.15, 0.2) is 0 Å². The third-order valence-corrected chi connectivity index (χ3v) is 3.88. The van der Waals surface area contributed by atoms with Crippen molar-refractivity contribution in [1.29, 1.82) is 5.41 Å². The molecule has 80 valence electrons. The fourth-order valence-electron chi connectivity index (χ4n) is 3.00. The summed E-state index contributed by atoms with van der Waals surface area (Å²) in [4.78, 5) is 2.38. The van der Waals surface area contributed by atoms with Crippen LogP contribution in [-0.2, 0) is 0 Å². The average Bonchev–Trinajstić information content (AvgIpc) is 2.46. The summed E-state index contributed by atoms with van der Waals surface area (Å²) >= 11 is 0. The predicted octanol–water partition coefficient (Wildman–Crippen LogP) is 3.03. The number of nitrogens with one attached hydrogen (secondary N) is 1. The molecule has 2 atom stereocenters. The highest BCUT2D eigenvalue weighted by Gasteiger charge is 2.29. The van der Waals surface area contributed by atoms with Crippen LogP contribution < -0.4 is 0 Å². The zero-order valence-corrected chi connectivity index (χ0v) is 9.26. The number of rotatable bonds is 1. The Morgan fingerprint density at radius 2 is 1.93 bits per heavy atom. The molecule has 2 fully saturated rings. The molecule has 1 aliphatic heterocycles. The van der Waals surface area contributed by atoms with Crippen LogP contribution in [0.2, 0.25) is 0 Å². The monoisotopic (exact) mass is 194 g/mol. The average molecular weight is 194 g/mol. The summed E-state index contributed by atoms with van der Waals surface area (Å²) in [6.45, 7) is 3.52. The molecule has 2 rings (SSSR count). The Bertz CT molecular complexity index is 212. The van der Waals surface area contributed by atoms with Gasteiger partial charge >= 0.3 is 0 Å². The highest BCUT2D eigenvalue weighted by atomic mass is 15.2. The topological polar surface area (TPSA) is 27.1 Å². The van der Waals surface area contributed by atoms with Crippen LogP contribution >= 0.6 is 0 Å². The standard InChI is InChI=1S/C12H22N2/c1-10-6-3-2-4-7-11(10)14-9-5-8-12(14)13/h10-11,13H,2-9H2,1H3. The molecule has 0 aromatic rings. The predicted molar refractivity (Wildman–Crippen MR) is 59.7 cm³/mol. The van der Waals surface area contributed by atoms with E-state index in [2.05, 4.69) is 11.8 Å². The molecule has 2 nitrogen and oxygen atoms in total. The first-order valence-electron chi connectivity index (χ1n) is 6.13.